The Morgan fingerprint density at radius 3 is 2.70 bits per heavy atom. The summed E-state index contributed by atoms with van der Waals surface area (Å²) in [6.07, 6.45) is 5.42. The number of rotatable bonds is 3. The fourth-order valence-corrected chi connectivity index (χ4v) is 4.94. The van der Waals surface area contributed by atoms with Crippen molar-refractivity contribution in [1.82, 2.24) is 19.7 Å². The lowest BCUT2D eigenvalue weighted by atomic mass is 9.75. The van der Waals surface area contributed by atoms with Crippen molar-refractivity contribution in [1.29, 1.82) is 0 Å². The molecule has 2 fully saturated rings. The minimum Gasteiger partial charge on any atom is -0.330 e. The van der Waals surface area contributed by atoms with Crippen LogP contribution < -0.4 is 0 Å². The highest BCUT2D eigenvalue weighted by molar-refractivity contribution is 7.13. The molecule has 1 saturated carbocycles. The molecule has 0 bridgehead atoms. The highest BCUT2D eigenvalue weighted by Crippen LogP contribution is 2.45. The van der Waals surface area contributed by atoms with Gasteiger partial charge in [-0.25, -0.2) is 14.1 Å². The van der Waals surface area contributed by atoms with E-state index in [1.807, 2.05) is 22.4 Å². The van der Waals surface area contributed by atoms with Crippen LogP contribution >= 0.6 is 11.3 Å². The number of amides is 1. The number of hydrogen-bond acceptors (Lipinski definition) is 4. The molecular formula is C20H19FN4OS. The first-order valence-corrected chi connectivity index (χ1v) is 10.1. The Hall–Kier alpha value is -2.54. The third-order valence-electron chi connectivity index (χ3n) is 5.72. The number of carbonyl (C=O) groups excluding carboxylic acids is 1. The molecule has 5 nitrogen and oxygen atoms in total. The maximum absolute atomic E-state index is 13.8. The predicted molar refractivity (Wildman–Crippen MR) is 101 cm³/mol. The zero-order valence-electron chi connectivity index (χ0n) is 14.8. The molecule has 138 valence electrons. The fourth-order valence-electron chi connectivity index (χ4n) is 4.24. The van der Waals surface area contributed by atoms with E-state index in [1.165, 1.54) is 29.9 Å². The number of aromatic nitrogens is 3. The Kier molecular flexibility index (Phi) is 3.86. The van der Waals surface area contributed by atoms with Gasteiger partial charge in [-0.15, -0.1) is 16.4 Å². The van der Waals surface area contributed by atoms with Crippen LogP contribution in [0.2, 0.25) is 0 Å². The van der Waals surface area contributed by atoms with Crippen LogP contribution in [-0.4, -0.2) is 37.7 Å². The number of benzene rings is 1. The van der Waals surface area contributed by atoms with E-state index in [-0.39, 0.29) is 23.1 Å². The molecule has 1 saturated heterocycles. The molecule has 2 aliphatic rings. The van der Waals surface area contributed by atoms with Gasteiger partial charge in [-0.05, 0) is 61.7 Å². The average Bonchev–Trinajstić information content (AvgIpc) is 3.38. The summed E-state index contributed by atoms with van der Waals surface area (Å²) in [5.41, 5.74) is 0.578. The van der Waals surface area contributed by atoms with Crippen molar-refractivity contribution < 1.29 is 9.18 Å². The van der Waals surface area contributed by atoms with Crippen molar-refractivity contribution in [3.8, 4) is 16.4 Å². The first-order chi connectivity index (χ1) is 13.2. The van der Waals surface area contributed by atoms with Gasteiger partial charge in [-0.2, -0.15) is 0 Å². The van der Waals surface area contributed by atoms with Gasteiger partial charge in [0.15, 0.2) is 5.82 Å². The zero-order valence-corrected chi connectivity index (χ0v) is 15.6. The van der Waals surface area contributed by atoms with Crippen molar-refractivity contribution in [3.63, 3.8) is 0 Å². The Labute approximate surface area is 160 Å². The summed E-state index contributed by atoms with van der Waals surface area (Å²) in [6, 6.07) is 10.1. The average molecular weight is 382 g/mol. The summed E-state index contributed by atoms with van der Waals surface area (Å²) < 4.78 is 15.3. The van der Waals surface area contributed by atoms with Gasteiger partial charge >= 0.3 is 0 Å². The van der Waals surface area contributed by atoms with Crippen LogP contribution in [0.4, 0.5) is 4.39 Å². The Morgan fingerprint density at radius 2 is 2.00 bits per heavy atom. The van der Waals surface area contributed by atoms with Gasteiger partial charge in [-0.1, -0.05) is 12.1 Å². The predicted octanol–water partition coefficient (Wildman–Crippen LogP) is 4.29. The summed E-state index contributed by atoms with van der Waals surface area (Å²) in [7, 11) is 0. The molecule has 3 aromatic rings. The van der Waals surface area contributed by atoms with Crippen molar-refractivity contribution in [2.24, 2.45) is 0 Å². The number of carbonyl (C=O) groups is 1. The van der Waals surface area contributed by atoms with Crippen LogP contribution in [0.3, 0.4) is 0 Å². The van der Waals surface area contributed by atoms with E-state index >= 15 is 0 Å². The number of nitrogens with zero attached hydrogens (tertiary/aromatic N) is 4. The second-order valence-electron chi connectivity index (χ2n) is 7.27. The van der Waals surface area contributed by atoms with E-state index < -0.39 is 0 Å². The molecule has 3 heterocycles. The van der Waals surface area contributed by atoms with Crippen LogP contribution in [0.15, 0.2) is 41.8 Å². The molecule has 1 spiro atoms. The van der Waals surface area contributed by atoms with Gasteiger partial charge in [0.25, 0.3) is 5.91 Å². The second kappa shape index (κ2) is 6.27. The number of hydrogen-bond donors (Lipinski definition) is 0. The Bertz CT molecular complexity index is 993. The van der Waals surface area contributed by atoms with Gasteiger partial charge in [0.1, 0.15) is 5.82 Å². The van der Waals surface area contributed by atoms with E-state index in [9.17, 15) is 9.18 Å². The summed E-state index contributed by atoms with van der Waals surface area (Å²) in [5, 5.41) is 6.45. The smallest absolute Gasteiger partial charge is 0.294 e. The number of likely N-dealkylation sites (tertiary alicyclic amines) is 1. The minimum absolute atomic E-state index is 0.0183. The summed E-state index contributed by atoms with van der Waals surface area (Å²) in [6.45, 7) is 0.766. The molecule has 0 unspecified atom stereocenters. The second-order valence-corrected chi connectivity index (χ2v) is 8.21. The van der Waals surface area contributed by atoms with E-state index in [1.54, 1.807) is 16.8 Å². The monoisotopic (exact) mass is 382 g/mol. The molecular weight excluding hydrogens is 363 g/mol. The topological polar surface area (TPSA) is 51.0 Å². The maximum Gasteiger partial charge on any atom is 0.294 e. The summed E-state index contributed by atoms with van der Waals surface area (Å²) in [4.78, 5) is 20.6. The molecule has 27 heavy (non-hydrogen) atoms. The number of thiophene rings is 1. The van der Waals surface area contributed by atoms with Crippen LogP contribution in [-0.2, 0) is 0 Å². The molecule has 1 aliphatic heterocycles. The largest absolute Gasteiger partial charge is 0.330 e. The zero-order chi connectivity index (χ0) is 18.4. The Morgan fingerprint density at radius 1 is 1.15 bits per heavy atom. The normalized spacial score (nSPS) is 18.0. The lowest BCUT2D eigenvalue weighted by Gasteiger charge is -2.45. The van der Waals surface area contributed by atoms with Crippen LogP contribution in [0, 0.1) is 5.82 Å². The molecule has 7 heteroatoms. The quantitative estimate of drug-likeness (QED) is 0.679. The van der Waals surface area contributed by atoms with Crippen molar-refractivity contribution in [2.45, 2.75) is 37.6 Å². The minimum atomic E-state index is -0.346. The van der Waals surface area contributed by atoms with Gasteiger partial charge in [0.05, 0.1) is 10.6 Å². The Balaban J connectivity index is 1.58. The summed E-state index contributed by atoms with van der Waals surface area (Å²) >= 11 is 1.52. The van der Waals surface area contributed by atoms with Crippen molar-refractivity contribution >= 4 is 17.2 Å². The third kappa shape index (κ3) is 2.68. The number of halogens is 1. The first-order valence-electron chi connectivity index (χ1n) is 9.25. The van der Waals surface area contributed by atoms with E-state index in [2.05, 4.69) is 10.1 Å². The molecule has 2 aromatic heterocycles. The molecule has 1 aromatic carbocycles. The molecule has 5 rings (SSSR count). The summed E-state index contributed by atoms with van der Waals surface area (Å²) in [5.74, 6) is 0.303. The first kappa shape index (κ1) is 16.6. The highest BCUT2D eigenvalue weighted by atomic mass is 32.1. The van der Waals surface area contributed by atoms with Gasteiger partial charge in [-0.3, -0.25) is 4.79 Å². The highest BCUT2D eigenvalue weighted by Gasteiger charge is 2.48. The maximum atomic E-state index is 13.8. The van der Waals surface area contributed by atoms with Crippen molar-refractivity contribution in [3.05, 3.63) is 53.4 Å². The SMILES string of the molecule is O=C(c1nc(-c2cccs2)n(-c2cccc(F)c2)n1)N1CCCC12CCC2. The lowest BCUT2D eigenvalue weighted by molar-refractivity contribution is 0.0356. The molecule has 0 atom stereocenters. The third-order valence-corrected chi connectivity index (χ3v) is 6.58. The van der Waals surface area contributed by atoms with E-state index in [4.69, 9.17) is 0 Å². The molecule has 0 radical (unpaired) electrons. The molecule has 1 aliphatic carbocycles. The standard InChI is InChI=1S/C20H19FN4OS/c21-14-5-1-6-15(13-14)25-18(16-7-2-12-27-16)22-17(23-25)19(26)24-11-4-10-20(24)8-3-9-20/h1-2,5-7,12-13H,3-4,8-11H2. The van der Waals surface area contributed by atoms with Crippen LogP contribution in [0.5, 0.6) is 0 Å². The van der Waals surface area contributed by atoms with Gasteiger partial charge in [0.2, 0.25) is 5.82 Å². The molecule has 1 amide bonds. The van der Waals surface area contributed by atoms with Crippen LogP contribution in [0.1, 0.15) is 42.7 Å². The fraction of sp³-hybridized carbons (Fsp3) is 0.350. The van der Waals surface area contributed by atoms with Gasteiger partial charge in [0, 0.05) is 12.1 Å². The lowest BCUT2D eigenvalue weighted by Crippen LogP contribution is -2.52. The van der Waals surface area contributed by atoms with E-state index in [0.29, 0.717) is 11.5 Å². The molecule has 0 N–H and O–H groups in total. The van der Waals surface area contributed by atoms with E-state index in [0.717, 1.165) is 37.1 Å². The van der Waals surface area contributed by atoms with Gasteiger partial charge < -0.3 is 4.90 Å². The van der Waals surface area contributed by atoms with Crippen molar-refractivity contribution in [2.75, 3.05) is 6.54 Å². The van der Waals surface area contributed by atoms with Crippen LogP contribution in [0.25, 0.3) is 16.4 Å².